The zero-order valence-corrected chi connectivity index (χ0v) is 12.7. The topological polar surface area (TPSA) is 43.8 Å². The van der Waals surface area contributed by atoms with Gasteiger partial charge in [0.05, 0.1) is 6.61 Å². The van der Waals surface area contributed by atoms with Gasteiger partial charge in [0.1, 0.15) is 4.88 Å². The Bertz CT molecular complexity index is 527. The van der Waals surface area contributed by atoms with E-state index in [1.807, 2.05) is 16.3 Å². The van der Waals surface area contributed by atoms with E-state index in [-0.39, 0.29) is 12.5 Å². The van der Waals surface area contributed by atoms with Crippen molar-refractivity contribution < 1.29 is 9.90 Å². The smallest absolute Gasteiger partial charge is 0.265 e. The number of carbonyl (C=O) groups is 1. The Kier molecular flexibility index (Phi) is 5.18. The normalized spacial score (nSPS) is 18.2. The lowest BCUT2D eigenvalue weighted by molar-refractivity contribution is 0.0787. The maximum absolute atomic E-state index is 12.5. The van der Waals surface area contributed by atoms with Crippen LogP contribution in [-0.2, 0) is 0 Å². The van der Waals surface area contributed by atoms with Crippen LogP contribution in [0.4, 0.5) is 0 Å². The van der Waals surface area contributed by atoms with Crippen LogP contribution in [-0.4, -0.2) is 60.6 Å². The molecule has 0 saturated carbocycles. The third kappa shape index (κ3) is 3.40. The summed E-state index contributed by atoms with van der Waals surface area (Å²) in [6.07, 6.45) is 1.46. The molecule has 0 aliphatic carbocycles. The predicted octanol–water partition coefficient (Wildman–Crippen LogP) is 1.26. The van der Waals surface area contributed by atoms with E-state index in [2.05, 4.69) is 30.8 Å². The summed E-state index contributed by atoms with van der Waals surface area (Å²) in [7, 11) is 4.10. The van der Waals surface area contributed by atoms with E-state index in [1.54, 1.807) is 0 Å². The van der Waals surface area contributed by atoms with Gasteiger partial charge in [-0.2, -0.15) is 0 Å². The number of aliphatic hydroxyl groups excluding tert-OH is 1. The maximum Gasteiger partial charge on any atom is 0.265 e. The van der Waals surface area contributed by atoms with Crippen molar-refractivity contribution >= 4 is 17.2 Å². The molecule has 1 atom stereocenters. The lowest BCUT2D eigenvalue weighted by Crippen LogP contribution is -2.34. The zero-order valence-electron chi connectivity index (χ0n) is 11.9. The minimum Gasteiger partial charge on any atom is -0.395 e. The van der Waals surface area contributed by atoms with Gasteiger partial charge in [0.25, 0.3) is 5.91 Å². The summed E-state index contributed by atoms with van der Waals surface area (Å²) < 4.78 is 0. The molecule has 4 nitrogen and oxygen atoms in total. The van der Waals surface area contributed by atoms with Crippen LogP contribution in [0.15, 0.2) is 11.4 Å². The molecule has 1 N–H and O–H groups in total. The monoisotopic (exact) mass is 292 g/mol. The minimum atomic E-state index is 0.0526. The van der Waals surface area contributed by atoms with Crippen LogP contribution < -0.4 is 0 Å². The van der Waals surface area contributed by atoms with E-state index >= 15 is 0 Å². The molecule has 0 aromatic carbocycles. The van der Waals surface area contributed by atoms with Crippen LogP contribution in [0.5, 0.6) is 0 Å². The highest BCUT2D eigenvalue weighted by Crippen LogP contribution is 2.22. The van der Waals surface area contributed by atoms with Crippen LogP contribution >= 0.6 is 11.3 Å². The zero-order chi connectivity index (χ0) is 14.5. The summed E-state index contributed by atoms with van der Waals surface area (Å²) in [5.41, 5.74) is 0.779. The summed E-state index contributed by atoms with van der Waals surface area (Å²) in [5.74, 6) is 5.93. The Hall–Kier alpha value is -1.35. The maximum atomic E-state index is 12.5. The molecule has 108 valence electrons. The van der Waals surface area contributed by atoms with Gasteiger partial charge in [0, 0.05) is 31.1 Å². The largest absolute Gasteiger partial charge is 0.395 e. The summed E-state index contributed by atoms with van der Waals surface area (Å²) in [5, 5.41) is 10.6. The van der Waals surface area contributed by atoms with Gasteiger partial charge in [-0.1, -0.05) is 11.8 Å². The third-order valence-corrected chi connectivity index (χ3v) is 4.40. The first kappa shape index (κ1) is 15.0. The van der Waals surface area contributed by atoms with Crippen LogP contribution in [0.25, 0.3) is 0 Å². The molecule has 0 spiro atoms. The van der Waals surface area contributed by atoms with Crippen molar-refractivity contribution in [3.05, 3.63) is 21.9 Å². The molecule has 1 amide bonds. The van der Waals surface area contributed by atoms with Gasteiger partial charge in [-0.3, -0.25) is 4.79 Å². The molecule has 1 aliphatic heterocycles. The molecular weight excluding hydrogens is 272 g/mol. The second kappa shape index (κ2) is 6.89. The Morgan fingerprint density at radius 2 is 2.40 bits per heavy atom. The second-order valence-corrected chi connectivity index (χ2v) is 6.01. The molecule has 20 heavy (non-hydrogen) atoms. The molecule has 0 radical (unpaired) electrons. The van der Waals surface area contributed by atoms with Gasteiger partial charge < -0.3 is 14.9 Å². The Balaban J connectivity index is 2.08. The number of aliphatic hydroxyl groups is 1. The number of likely N-dealkylation sites (N-methyl/N-ethyl adjacent to an activating group) is 1. The molecule has 2 rings (SSSR count). The van der Waals surface area contributed by atoms with E-state index in [4.69, 9.17) is 5.11 Å². The highest BCUT2D eigenvalue weighted by molar-refractivity contribution is 7.12. The molecule has 0 bridgehead atoms. The number of thiophene rings is 1. The SMILES string of the molecule is CN(C)C1CCN(C(=O)c2sccc2C#CCCO)C1. The molecule has 1 aliphatic rings. The van der Waals surface area contributed by atoms with Crippen molar-refractivity contribution in [2.75, 3.05) is 33.8 Å². The van der Waals surface area contributed by atoms with Crippen molar-refractivity contribution in [1.82, 2.24) is 9.80 Å². The predicted molar refractivity (Wildman–Crippen MR) is 80.9 cm³/mol. The average Bonchev–Trinajstić information content (AvgIpc) is 3.07. The number of nitrogens with zero attached hydrogens (tertiary/aromatic N) is 2. The lowest BCUT2D eigenvalue weighted by atomic mass is 10.2. The van der Waals surface area contributed by atoms with Gasteiger partial charge in [-0.25, -0.2) is 0 Å². The second-order valence-electron chi connectivity index (χ2n) is 5.10. The number of carbonyl (C=O) groups excluding carboxylic acids is 1. The number of hydrogen-bond donors (Lipinski definition) is 1. The number of hydrogen-bond acceptors (Lipinski definition) is 4. The van der Waals surface area contributed by atoms with E-state index in [1.165, 1.54) is 11.3 Å². The van der Waals surface area contributed by atoms with Crippen LogP contribution in [0, 0.1) is 11.8 Å². The first-order valence-electron chi connectivity index (χ1n) is 6.76. The quantitative estimate of drug-likeness (QED) is 0.853. The van der Waals surface area contributed by atoms with Crippen molar-refractivity contribution in [2.45, 2.75) is 18.9 Å². The highest BCUT2D eigenvalue weighted by Gasteiger charge is 2.29. The average molecular weight is 292 g/mol. The van der Waals surface area contributed by atoms with Gasteiger partial charge in [0.15, 0.2) is 0 Å². The van der Waals surface area contributed by atoms with Crippen molar-refractivity contribution in [3.63, 3.8) is 0 Å². The summed E-state index contributed by atoms with van der Waals surface area (Å²) in [6.45, 7) is 1.65. The molecule has 1 unspecified atom stereocenters. The van der Waals surface area contributed by atoms with Crippen molar-refractivity contribution in [1.29, 1.82) is 0 Å². The van der Waals surface area contributed by atoms with Gasteiger partial charge in [-0.05, 0) is 32.0 Å². The Morgan fingerprint density at radius 3 is 3.05 bits per heavy atom. The highest BCUT2D eigenvalue weighted by atomic mass is 32.1. The first-order valence-corrected chi connectivity index (χ1v) is 7.64. The summed E-state index contributed by atoms with van der Waals surface area (Å²) in [6, 6.07) is 2.32. The fourth-order valence-corrected chi connectivity index (χ4v) is 3.09. The lowest BCUT2D eigenvalue weighted by Gasteiger charge is -2.20. The molecule has 1 aromatic heterocycles. The molecule has 2 heterocycles. The number of rotatable bonds is 3. The summed E-state index contributed by atoms with van der Waals surface area (Å²) >= 11 is 1.44. The van der Waals surface area contributed by atoms with Gasteiger partial charge >= 0.3 is 0 Å². The molecule has 1 fully saturated rings. The number of likely N-dealkylation sites (tertiary alicyclic amines) is 1. The summed E-state index contributed by atoms with van der Waals surface area (Å²) in [4.78, 5) is 17.3. The van der Waals surface area contributed by atoms with Crippen molar-refractivity contribution in [2.24, 2.45) is 0 Å². The van der Waals surface area contributed by atoms with E-state index in [9.17, 15) is 4.79 Å². The standard InChI is InChI=1S/C15H20N2O2S/c1-16(2)13-6-8-17(11-13)15(19)14-12(7-10-20-14)5-3-4-9-18/h7,10,13,18H,4,6,8-9,11H2,1-2H3. The molecular formula is C15H20N2O2S. The molecule has 1 aromatic rings. The third-order valence-electron chi connectivity index (χ3n) is 3.50. The van der Waals surface area contributed by atoms with E-state index in [0.717, 1.165) is 30.0 Å². The van der Waals surface area contributed by atoms with Crippen LogP contribution in [0.2, 0.25) is 0 Å². The molecule has 1 saturated heterocycles. The van der Waals surface area contributed by atoms with Crippen LogP contribution in [0.3, 0.4) is 0 Å². The number of amides is 1. The van der Waals surface area contributed by atoms with Crippen LogP contribution in [0.1, 0.15) is 28.1 Å². The van der Waals surface area contributed by atoms with Gasteiger partial charge in [-0.15, -0.1) is 11.3 Å². The van der Waals surface area contributed by atoms with Gasteiger partial charge in [0.2, 0.25) is 0 Å². The Labute approximate surface area is 124 Å². The van der Waals surface area contributed by atoms with Crippen molar-refractivity contribution in [3.8, 4) is 11.8 Å². The van der Waals surface area contributed by atoms with E-state index in [0.29, 0.717) is 12.5 Å². The molecule has 5 heteroatoms. The minimum absolute atomic E-state index is 0.0526. The fraction of sp³-hybridized carbons (Fsp3) is 0.533. The Morgan fingerprint density at radius 1 is 1.60 bits per heavy atom. The van der Waals surface area contributed by atoms with E-state index < -0.39 is 0 Å². The first-order chi connectivity index (χ1) is 9.63. The fourth-order valence-electron chi connectivity index (χ4n) is 2.28.